The predicted octanol–water partition coefficient (Wildman–Crippen LogP) is 8.00. The van der Waals surface area contributed by atoms with Gasteiger partial charge in [0.2, 0.25) is 8.13 Å². The number of hydrogen-bond donors (Lipinski definition) is 0. The zero-order valence-electron chi connectivity index (χ0n) is 11.0. The molecule has 9 heteroatoms. The van der Waals surface area contributed by atoms with Crippen LogP contribution in [0, 0.1) is 6.42 Å². The van der Waals surface area contributed by atoms with E-state index in [0.29, 0.717) is 5.56 Å². The molecular weight excluding hydrogens is 475 g/mol. The minimum Gasteiger partial charge on any atom is -0.0943 e. The van der Waals surface area contributed by atoms with Crippen LogP contribution in [0.25, 0.3) is 0 Å². The van der Waals surface area contributed by atoms with Crippen molar-refractivity contribution in [3.8, 4) is 0 Å². The second kappa shape index (κ2) is 7.60. The lowest BCUT2D eigenvalue weighted by Crippen LogP contribution is -2.54. The molecule has 0 nitrogen and oxygen atoms in total. The van der Waals surface area contributed by atoms with Gasteiger partial charge in [-0.15, -0.1) is 0 Å². The van der Waals surface area contributed by atoms with Crippen molar-refractivity contribution in [2.75, 3.05) is 0 Å². The molecule has 0 heterocycles. The monoisotopic (exact) mass is 481 g/mol. The highest BCUT2D eigenvalue weighted by Gasteiger charge is 2.68. The quantitative estimate of drug-likeness (QED) is 0.371. The van der Waals surface area contributed by atoms with Gasteiger partial charge in [0.05, 0.1) is 0 Å². The molecule has 0 atom stereocenters. The number of benzene rings is 1. The average Bonchev–Trinajstić information content (AvgIpc) is 2.38. The first-order chi connectivity index (χ1) is 9.79. The number of alkyl halides is 9. The van der Waals surface area contributed by atoms with Gasteiger partial charge < -0.3 is 0 Å². The van der Waals surface area contributed by atoms with Crippen molar-refractivity contribution in [1.82, 2.24) is 0 Å². The van der Waals surface area contributed by atoms with Gasteiger partial charge in [0.1, 0.15) is 0 Å². The summed E-state index contributed by atoms with van der Waals surface area (Å²) in [6.45, 7) is 2.01. The van der Waals surface area contributed by atoms with Crippen molar-refractivity contribution in [2.45, 2.75) is 30.1 Å². The Bertz CT molecular complexity index is 499. The molecule has 0 saturated heterocycles. The molecule has 0 bridgehead atoms. The fourth-order valence-electron chi connectivity index (χ4n) is 1.62. The van der Waals surface area contributed by atoms with Crippen LogP contribution in [0.5, 0.6) is 0 Å². The van der Waals surface area contributed by atoms with Gasteiger partial charge in [0.25, 0.3) is 0 Å². The van der Waals surface area contributed by atoms with Crippen molar-refractivity contribution in [3.05, 3.63) is 41.8 Å². The molecule has 125 valence electrons. The first-order valence-electron chi connectivity index (χ1n) is 5.93. The molecule has 1 radical (unpaired) electrons. The summed E-state index contributed by atoms with van der Waals surface area (Å²) in [7, 11) is 0. The van der Waals surface area contributed by atoms with E-state index in [4.69, 9.17) is 104 Å². The van der Waals surface area contributed by atoms with Crippen LogP contribution in [0.4, 0.5) is 0 Å². The molecule has 1 rings (SSSR count). The van der Waals surface area contributed by atoms with Crippen LogP contribution < -0.4 is 0 Å². The molecule has 1 aromatic carbocycles. The van der Waals surface area contributed by atoms with Crippen LogP contribution in [-0.4, -0.2) is 12.5 Å². The second-order valence-electron chi connectivity index (χ2n) is 4.46. The summed E-state index contributed by atoms with van der Waals surface area (Å²) >= 11 is 54.4. The summed E-state index contributed by atoms with van der Waals surface area (Å²) in [6, 6.07) is 6.87. The predicted molar refractivity (Wildman–Crippen MR) is 103 cm³/mol. The Balaban J connectivity index is 3.26. The van der Waals surface area contributed by atoms with E-state index >= 15 is 0 Å². The third kappa shape index (κ3) is 4.14. The van der Waals surface area contributed by atoms with Crippen molar-refractivity contribution < 1.29 is 0 Å². The Morgan fingerprint density at radius 2 is 1.23 bits per heavy atom. The van der Waals surface area contributed by atoms with Gasteiger partial charge in [-0.2, -0.15) is 0 Å². The van der Waals surface area contributed by atoms with Crippen LogP contribution >= 0.6 is 104 Å². The molecule has 0 spiro atoms. The maximum Gasteiger partial charge on any atom is 0.226 e. The maximum absolute atomic E-state index is 6.32. The van der Waals surface area contributed by atoms with Crippen LogP contribution in [0.1, 0.15) is 24.5 Å². The molecule has 0 saturated carbocycles. The summed E-state index contributed by atoms with van der Waals surface area (Å²) in [5, 5.41) is 0. The van der Waals surface area contributed by atoms with Crippen molar-refractivity contribution in [2.24, 2.45) is 0 Å². The number of hydrogen-bond acceptors (Lipinski definition) is 0. The lowest BCUT2D eigenvalue weighted by atomic mass is 10.0. The van der Waals surface area contributed by atoms with Gasteiger partial charge >= 0.3 is 0 Å². The topological polar surface area (TPSA) is 0 Å². The first-order valence-corrected chi connectivity index (χ1v) is 9.33. The van der Waals surface area contributed by atoms with E-state index in [1.165, 1.54) is 0 Å². The summed E-state index contributed by atoms with van der Waals surface area (Å²) in [5.41, 5.74) is 1.34. The molecule has 0 aliphatic heterocycles. The standard InChI is InChI=1S/C13H10Cl9/c1-2-3-8-4-6-9(7-5-8)10(14,15)11(16,17)12(18,19)13(20,21)22/h3-7H,2H2,1H3. The smallest absolute Gasteiger partial charge is 0.0943 e. The van der Waals surface area contributed by atoms with E-state index in [1.807, 2.05) is 13.3 Å². The van der Waals surface area contributed by atoms with Gasteiger partial charge in [-0.3, -0.25) is 0 Å². The second-order valence-corrected chi connectivity index (χ2v) is 10.7. The summed E-state index contributed by atoms with van der Waals surface area (Å²) in [6.07, 6.45) is 2.89. The molecule has 22 heavy (non-hydrogen) atoms. The lowest BCUT2D eigenvalue weighted by molar-refractivity contribution is 0.600. The number of rotatable bonds is 5. The van der Waals surface area contributed by atoms with E-state index in [-0.39, 0.29) is 0 Å². The van der Waals surface area contributed by atoms with E-state index in [1.54, 1.807) is 24.3 Å². The van der Waals surface area contributed by atoms with Gasteiger partial charge in [-0.25, -0.2) is 0 Å². The average molecular weight is 485 g/mol. The Morgan fingerprint density at radius 1 is 0.773 bits per heavy atom. The van der Waals surface area contributed by atoms with Crippen LogP contribution in [0.2, 0.25) is 0 Å². The van der Waals surface area contributed by atoms with Gasteiger partial charge in [0, 0.05) is 0 Å². The third-order valence-electron chi connectivity index (χ3n) is 2.86. The lowest BCUT2D eigenvalue weighted by Gasteiger charge is -2.44. The van der Waals surface area contributed by atoms with E-state index in [9.17, 15) is 0 Å². The first kappa shape index (κ1) is 21.9. The minimum atomic E-state index is -2.29. The molecule has 0 fully saturated rings. The van der Waals surface area contributed by atoms with Crippen LogP contribution in [0.15, 0.2) is 24.3 Å². The minimum absolute atomic E-state index is 0.356. The Labute approximate surface area is 175 Å². The molecule has 0 N–H and O–H groups in total. The zero-order chi connectivity index (χ0) is 17.4. The van der Waals surface area contributed by atoms with E-state index in [0.717, 1.165) is 12.0 Å². The fourth-order valence-corrected chi connectivity index (χ4v) is 3.85. The summed E-state index contributed by atoms with van der Waals surface area (Å²) in [4.78, 5) is 0. The Morgan fingerprint density at radius 3 is 1.59 bits per heavy atom. The van der Waals surface area contributed by atoms with Crippen molar-refractivity contribution >= 4 is 104 Å². The van der Waals surface area contributed by atoms with Crippen molar-refractivity contribution in [3.63, 3.8) is 0 Å². The molecule has 0 aliphatic rings. The Kier molecular flexibility index (Phi) is 7.56. The molecule has 0 aromatic heterocycles. The SMILES string of the molecule is CC[CH]c1ccc(C(Cl)(Cl)C(Cl)(Cl)C(Cl)(Cl)C(Cl)(Cl)Cl)cc1. The highest BCUT2D eigenvalue weighted by atomic mass is 35.6. The molecular formula is C13H10Cl9. The highest BCUT2D eigenvalue weighted by Crippen LogP contribution is 2.65. The van der Waals surface area contributed by atoms with E-state index in [2.05, 4.69) is 0 Å². The fraction of sp³-hybridized carbons (Fsp3) is 0.462. The highest BCUT2D eigenvalue weighted by molar-refractivity contribution is 6.80. The molecule has 0 unspecified atom stereocenters. The number of halogens is 9. The molecule has 1 aromatic rings. The Hall–Kier alpha value is 1.83. The maximum atomic E-state index is 6.32. The van der Waals surface area contributed by atoms with Gasteiger partial charge in [-0.05, 0) is 24.0 Å². The molecule has 0 amide bonds. The zero-order valence-corrected chi connectivity index (χ0v) is 17.8. The van der Waals surface area contributed by atoms with Gasteiger partial charge in [0.15, 0.2) is 8.67 Å². The largest absolute Gasteiger partial charge is 0.226 e. The van der Waals surface area contributed by atoms with E-state index < -0.39 is 16.8 Å². The normalized spacial score (nSPS) is 14.3. The van der Waals surface area contributed by atoms with Gasteiger partial charge in [-0.1, -0.05) is 136 Å². The molecule has 0 aliphatic carbocycles. The third-order valence-corrected chi connectivity index (χ3v) is 8.33. The van der Waals surface area contributed by atoms with Crippen LogP contribution in [0.3, 0.4) is 0 Å². The summed E-state index contributed by atoms with van der Waals surface area (Å²) in [5.74, 6) is 0. The summed E-state index contributed by atoms with van der Waals surface area (Å²) < 4.78 is -8.68. The van der Waals surface area contributed by atoms with Crippen LogP contribution in [-0.2, 0) is 4.33 Å². The van der Waals surface area contributed by atoms with Crippen molar-refractivity contribution in [1.29, 1.82) is 0 Å².